The molecular weight excluding hydrogens is 152 g/mol. The van der Waals surface area contributed by atoms with E-state index in [1.165, 1.54) is 25.7 Å². The first kappa shape index (κ1) is 9.00. The Balaban J connectivity index is 1.79. The molecule has 0 spiro atoms. The largest absolute Gasteiger partial charge is 0.0913 e. The van der Waals surface area contributed by atoms with Crippen molar-refractivity contribution < 1.29 is 0 Å². The van der Waals surface area contributed by atoms with Crippen LogP contribution in [0.5, 0.6) is 0 Å². The van der Waals surface area contributed by atoms with E-state index in [0.29, 0.717) is 0 Å². The molecule has 1 fully saturated rings. The molecule has 0 saturated heterocycles. The zero-order valence-electron chi connectivity index (χ0n) is 7.10. The van der Waals surface area contributed by atoms with E-state index in [2.05, 4.69) is 17.6 Å². The molecule has 1 aliphatic carbocycles. The van der Waals surface area contributed by atoms with Crippen molar-refractivity contribution in [3.8, 4) is 11.2 Å². The molecule has 1 heteroatoms. The van der Waals surface area contributed by atoms with Gasteiger partial charge in [0.05, 0.1) is 0 Å². The monoisotopic (exact) mass is 167 g/mol. The fourth-order valence-electron chi connectivity index (χ4n) is 1.08. The second kappa shape index (κ2) is 5.55. The van der Waals surface area contributed by atoms with Gasteiger partial charge in [-0.25, -0.2) is 0 Å². The number of rotatable bonds is 4. The smallest absolute Gasteiger partial charge is 0.00976 e. The average Bonchev–Trinajstić information content (AvgIpc) is 2.80. The molecule has 0 amide bonds. The summed E-state index contributed by atoms with van der Waals surface area (Å²) in [6.45, 7) is 0. The Labute approximate surface area is 74.1 Å². The van der Waals surface area contributed by atoms with Gasteiger partial charge in [0.1, 0.15) is 0 Å². The van der Waals surface area contributed by atoms with Crippen LogP contribution in [0.4, 0.5) is 0 Å². The Morgan fingerprint density at radius 3 is 3.00 bits per heavy atom. The lowest BCUT2D eigenvalue weighted by Crippen LogP contribution is -1.77. The molecule has 1 saturated carbocycles. The summed E-state index contributed by atoms with van der Waals surface area (Å²) in [6, 6.07) is 0. The molecule has 0 N–H and O–H groups in total. The number of hydrogen-bond acceptors (Lipinski definition) is 1. The summed E-state index contributed by atoms with van der Waals surface area (Å²) < 4.78 is 0. The summed E-state index contributed by atoms with van der Waals surface area (Å²) in [5, 5.41) is 3.01. The van der Waals surface area contributed by atoms with Gasteiger partial charge in [-0.2, -0.15) is 0 Å². The molecule has 1 radical (unpaired) electrons. The molecule has 0 heterocycles. The number of thioether (sulfide) groups is 1. The van der Waals surface area contributed by atoms with Crippen LogP contribution in [0.15, 0.2) is 0 Å². The first-order chi connectivity index (χ1) is 5.43. The molecule has 0 nitrogen and oxygen atoms in total. The lowest BCUT2D eigenvalue weighted by molar-refractivity contribution is 0.650. The summed E-state index contributed by atoms with van der Waals surface area (Å²) in [7, 11) is 0. The molecule has 0 bridgehead atoms. The van der Waals surface area contributed by atoms with Crippen molar-refractivity contribution in [1.29, 1.82) is 0 Å². The van der Waals surface area contributed by atoms with Gasteiger partial charge >= 0.3 is 0 Å². The summed E-state index contributed by atoms with van der Waals surface area (Å²) in [6.07, 6.45) is 10.9. The number of unbranched alkanes of at least 4 members (excludes halogenated alkanes) is 2. The summed E-state index contributed by atoms with van der Waals surface area (Å²) in [5.74, 6) is 4.11. The molecular formula is C10H15S. The Kier molecular flexibility index (Phi) is 4.54. The first-order valence-corrected chi connectivity index (χ1v) is 5.50. The lowest BCUT2D eigenvalue weighted by atomic mass is 10.1. The highest BCUT2D eigenvalue weighted by Crippen LogP contribution is 2.32. The third-order valence-corrected chi connectivity index (χ3v) is 2.22. The summed E-state index contributed by atoms with van der Waals surface area (Å²) >= 11 is 1.61. The van der Waals surface area contributed by atoms with E-state index in [9.17, 15) is 0 Å². The second-order valence-electron chi connectivity index (χ2n) is 2.96. The van der Waals surface area contributed by atoms with Crippen molar-refractivity contribution in [2.75, 3.05) is 6.26 Å². The minimum atomic E-state index is 0.975. The van der Waals surface area contributed by atoms with Crippen LogP contribution in [0, 0.1) is 23.5 Å². The summed E-state index contributed by atoms with van der Waals surface area (Å²) in [5.41, 5.74) is 0. The van der Waals surface area contributed by atoms with E-state index in [1.807, 2.05) is 6.26 Å². The predicted molar refractivity (Wildman–Crippen MR) is 52.2 cm³/mol. The molecule has 0 aromatic rings. The van der Waals surface area contributed by atoms with Crippen molar-refractivity contribution in [3.63, 3.8) is 0 Å². The van der Waals surface area contributed by atoms with Crippen LogP contribution in [-0.2, 0) is 0 Å². The highest BCUT2D eigenvalue weighted by molar-refractivity contribution is 8.03. The van der Waals surface area contributed by atoms with E-state index in [4.69, 9.17) is 0 Å². The highest BCUT2D eigenvalue weighted by atomic mass is 32.2. The van der Waals surface area contributed by atoms with E-state index in [1.54, 1.807) is 11.8 Å². The van der Waals surface area contributed by atoms with Crippen LogP contribution in [0.1, 0.15) is 32.1 Å². The standard InChI is InChI=1S/C10H15S/c1-11-9-5-3-2-4-6-10-7-8-10/h7,10H,2-4,6,8H2,1H3. The third kappa shape index (κ3) is 5.21. The fraction of sp³-hybridized carbons (Fsp3) is 0.700. The number of hydrogen-bond donors (Lipinski definition) is 0. The quantitative estimate of drug-likeness (QED) is 0.458. The highest BCUT2D eigenvalue weighted by Gasteiger charge is 2.20. The average molecular weight is 167 g/mol. The maximum Gasteiger partial charge on any atom is 0.00976 e. The maximum absolute atomic E-state index is 3.13. The van der Waals surface area contributed by atoms with E-state index in [-0.39, 0.29) is 0 Å². The molecule has 1 atom stereocenters. The molecule has 11 heavy (non-hydrogen) atoms. The maximum atomic E-state index is 3.13. The van der Waals surface area contributed by atoms with Crippen LogP contribution < -0.4 is 0 Å². The van der Waals surface area contributed by atoms with Crippen molar-refractivity contribution in [1.82, 2.24) is 0 Å². The van der Waals surface area contributed by atoms with Crippen LogP contribution in [0.3, 0.4) is 0 Å². The Hall–Kier alpha value is -0.0900. The molecule has 0 aromatic carbocycles. The van der Waals surface area contributed by atoms with Crippen molar-refractivity contribution >= 4 is 11.8 Å². The Bertz CT molecular complexity index is 148. The molecule has 1 aliphatic rings. The van der Waals surface area contributed by atoms with Crippen molar-refractivity contribution in [2.24, 2.45) is 5.92 Å². The van der Waals surface area contributed by atoms with Crippen LogP contribution in [0.2, 0.25) is 0 Å². The van der Waals surface area contributed by atoms with Gasteiger partial charge in [0.15, 0.2) is 0 Å². The van der Waals surface area contributed by atoms with Gasteiger partial charge in [-0.15, -0.1) is 0 Å². The van der Waals surface area contributed by atoms with E-state index in [0.717, 1.165) is 12.3 Å². The Morgan fingerprint density at radius 2 is 2.36 bits per heavy atom. The minimum absolute atomic E-state index is 0.975. The van der Waals surface area contributed by atoms with Gasteiger partial charge in [-0.3, -0.25) is 0 Å². The molecule has 1 unspecified atom stereocenters. The Morgan fingerprint density at radius 1 is 1.55 bits per heavy atom. The van der Waals surface area contributed by atoms with Gasteiger partial charge in [0, 0.05) is 6.42 Å². The molecule has 1 rings (SSSR count). The van der Waals surface area contributed by atoms with Crippen molar-refractivity contribution in [3.05, 3.63) is 6.42 Å². The molecule has 61 valence electrons. The van der Waals surface area contributed by atoms with Crippen molar-refractivity contribution in [2.45, 2.75) is 32.1 Å². The molecule has 0 aromatic heterocycles. The van der Waals surface area contributed by atoms with Gasteiger partial charge in [-0.1, -0.05) is 30.5 Å². The van der Waals surface area contributed by atoms with Crippen LogP contribution in [-0.4, -0.2) is 6.26 Å². The first-order valence-electron chi connectivity index (χ1n) is 4.27. The van der Waals surface area contributed by atoms with Gasteiger partial charge in [-0.05, 0) is 36.7 Å². The normalized spacial score (nSPS) is 15.7. The lowest BCUT2D eigenvalue weighted by Gasteiger charge is -1.92. The van der Waals surface area contributed by atoms with Gasteiger partial charge in [0.2, 0.25) is 0 Å². The van der Waals surface area contributed by atoms with Crippen LogP contribution >= 0.6 is 11.8 Å². The SMILES string of the molecule is CSC#CCCCCC1[CH]C1. The van der Waals surface area contributed by atoms with E-state index >= 15 is 0 Å². The second-order valence-corrected chi connectivity index (χ2v) is 3.57. The van der Waals surface area contributed by atoms with Gasteiger partial charge in [0.25, 0.3) is 0 Å². The third-order valence-electron chi connectivity index (χ3n) is 1.87. The zero-order valence-corrected chi connectivity index (χ0v) is 7.91. The van der Waals surface area contributed by atoms with E-state index < -0.39 is 0 Å². The molecule has 0 aliphatic heterocycles. The van der Waals surface area contributed by atoms with Gasteiger partial charge < -0.3 is 0 Å². The zero-order chi connectivity index (χ0) is 7.94. The topological polar surface area (TPSA) is 0 Å². The predicted octanol–water partition coefficient (Wildman–Crippen LogP) is 3.09. The summed E-state index contributed by atoms with van der Waals surface area (Å²) in [4.78, 5) is 0. The fourth-order valence-corrected chi connectivity index (χ4v) is 1.32. The minimum Gasteiger partial charge on any atom is -0.0913 e. The van der Waals surface area contributed by atoms with Crippen LogP contribution in [0.25, 0.3) is 0 Å².